The van der Waals surface area contributed by atoms with Crippen molar-refractivity contribution in [3.05, 3.63) is 11.4 Å². The number of aryl methyl sites for hydroxylation is 1. The molecular weight excluding hydrogens is 222 g/mol. The van der Waals surface area contributed by atoms with Gasteiger partial charge in [-0.25, -0.2) is 0 Å². The number of aromatic nitrogens is 2. The average Bonchev–Trinajstić information content (AvgIpc) is 2.48. The van der Waals surface area contributed by atoms with Crippen LogP contribution in [0.15, 0.2) is 0 Å². The van der Waals surface area contributed by atoms with Crippen molar-refractivity contribution >= 4 is 29.9 Å². The molecule has 2 amide bonds. The lowest BCUT2D eigenvalue weighted by molar-refractivity contribution is -0.114. The number of primary amides is 1. The molecule has 6 N–H and O–H groups in total. The number of amides is 2. The van der Waals surface area contributed by atoms with E-state index in [9.17, 15) is 9.59 Å². The van der Waals surface area contributed by atoms with Crippen molar-refractivity contribution in [3.63, 3.8) is 0 Å². The summed E-state index contributed by atoms with van der Waals surface area (Å²) < 4.78 is 0. The summed E-state index contributed by atoms with van der Waals surface area (Å²) in [5.41, 5.74) is 11.0. The third-order valence-electron chi connectivity index (χ3n) is 1.63. The predicted octanol–water partition coefficient (Wildman–Crippen LogP) is -0.864. The number of halogens is 1. The lowest BCUT2D eigenvalue weighted by Gasteiger charge is -2.02. The molecule has 1 rings (SSSR count). The molecule has 84 valence electrons. The highest BCUT2D eigenvalue weighted by molar-refractivity contribution is 6.02. The van der Waals surface area contributed by atoms with Gasteiger partial charge in [-0.15, -0.1) is 12.4 Å². The molecule has 0 unspecified atom stereocenters. The topological polar surface area (TPSA) is 127 Å². The lowest BCUT2D eigenvalue weighted by Crippen LogP contribution is -2.24. The van der Waals surface area contributed by atoms with Crippen LogP contribution in [0.2, 0.25) is 0 Å². The van der Waals surface area contributed by atoms with Crippen molar-refractivity contribution in [2.75, 3.05) is 11.9 Å². The van der Waals surface area contributed by atoms with E-state index in [2.05, 4.69) is 15.5 Å². The van der Waals surface area contributed by atoms with Crippen LogP contribution in [0.5, 0.6) is 0 Å². The number of rotatable bonds is 3. The highest BCUT2D eigenvalue weighted by Crippen LogP contribution is 2.16. The standard InChI is InChI=1S/C7H11N5O2.ClH/c1-3-5(10-4(13)2-8)6(7(9)14)12-11-3;/h2,8H2,1H3,(H2,9,14)(H,10,13)(H,11,12);1H. The van der Waals surface area contributed by atoms with Crippen LogP contribution in [0.1, 0.15) is 16.2 Å². The fourth-order valence-electron chi connectivity index (χ4n) is 0.951. The minimum atomic E-state index is -0.707. The Bertz CT molecular complexity index is 375. The first-order valence-electron chi connectivity index (χ1n) is 3.91. The smallest absolute Gasteiger partial charge is 0.271 e. The van der Waals surface area contributed by atoms with Crippen LogP contribution in [0.3, 0.4) is 0 Å². The van der Waals surface area contributed by atoms with Crippen LogP contribution >= 0.6 is 12.4 Å². The van der Waals surface area contributed by atoms with E-state index in [1.807, 2.05) is 0 Å². The molecule has 0 fully saturated rings. The molecule has 0 aliphatic rings. The first kappa shape index (κ1) is 13.4. The molecule has 7 nitrogen and oxygen atoms in total. The first-order chi connectivity index (χ1) is 6.56. The highest BCUT2D eigenvalue weighted by Gasteiger charge is 2.16. The van der Waals surface area contributed by atoms with Crippen molar-refractivity contribution in [1.82, 2.24) is 10.2 Å². The summed E-state index contributed by atoms with van der Waals surface area (Å²) in [5, 5.41) is 8.62. The highest BCUT2D eigenvalue weighted by atomic mass is 35.5. The van der Waals surface area contributed by atoms with Crippen LogP contribution < -0.4 is 16.8 Å². The zero-order chi connectivity index (χ0) is 10.7. The Morgan fingerprint density at radius 1 is 1.53 bits per heavy atom. The van der Waals surface area contributed by atoms with Crippen LogP contribution in [0, 0.1) is 6.92 Å². The monoisotopic (exact) mass is 233 g/mol. The maximum Gasteiger partial charge on any atom is 0.271 e. The maximum absolute atomic E-state index is 11.0. The maximum atomic E-state index is 11.0. The number of nitrogens with one attached hydrogen (secondary N) is 2. The van der Waals surface area contributed by atoms with Gasteiger partial charge in [0.15, 0.2) is 5.69 Å². The SMILES string of the molecule is Cc1[nH]nc(C(N)=O)c1NC(=O)CN.Cl. The van der Waals surface area contributed by atoms with E-state index in [-0.39, 0.29) is 30.3 Å². The molecule has 0 bridgehead atoms. The largest absolute Gasteiger partial charge is 0.364 e. The molecule has 1 heterocycles. The number of carbonyl (C=O) groups is 2. The molecule has 0 aromatic carbocycles. The molecule has 1 aromatic rings. The van der Waals surface area contributed by atoms with Crippen molar-refractivity contribution < 1.29 is 9.59 Å². The summed E-state index contributed by atoms with van der Waals surface area (Å²) in [6.45, 7) is 1.49. The molecular formula is C7H12ClN5O2. The lowest BCUT2D eigenvalue weighted by atomic mass is 10.3. The summed E-state index contributed by atoms with van der Waals surface area (Å²) >= 11 is 0. The normalized spacial score (nSPS) is 9.20. The van der Waals surface area contributed by atoms with Gasteiger partial charge < -0.3 is 16.8 Å². The first-order valence-corrected chi connectivity index (χ1v) is 3.91. The second kappa shape index (κ2) is 5.32. The van der Waals surface area contributed by atoms with E-state index in [0.717, 1.165) is 0 Å². The van der Waals surface area contributed by atoms with E-state index in [1.165, 1.54) is 0 Å². The van der Waals surface area contributed by atoms with Gasteiger partial charge in [-0.1, -0.05) is 0 Å². The number of nitrogens with two attached hydrogens (primary N) is 2. The van der Waals surface area contributed by atoms with Gasteiger partial charge in [0, 0.05) is 0 Å². The Labute approximate surface area is 92.0 Å². The zero-order valence-electron chi connectivity index (χ0n) is 8.03. The molecule has 0 saturated heterocycles. The number of hydrogen-bond acceptors (Lipinski definition) is 4. The molecule has 1 aromatic heterocycles. The Hall–Kier alpha value is -1.60. The fraction of sp³-hybridized carbons (Fsp3) is 0.286. The second-order valence-electron chi connectivity index (χ2n) is 2.69. The van der Waals surface area contributed by atoms with Gasteiger partial charge >= 0.3 is 0 Å². The molecule has 0 radical (unpaired) electrons. The van der Waals surface area contributed by atoms with Crippen molar-refractivity contribution in [3.8, 4) is 0 Å². The number of carbonyl (C=O) groups excluding carboxylic acids is 2. The van der Waals surface area contributed by atoms with E-state index in [4.69, 9.17) is 11.5 Å². The Morgan fingerprint density at radius 3 is 2.60 bits per heavy atom. The van der Waals surface area contributed by atoms with Gasteiger partial charge in [-0.2, -0.15) is 5.10 Å². The number of hydrogen-bond donors (Lipinski definition) is 4. The third-order valence-corrected chi connectivity index (χ3v) is 1.63. The van der Waals surface area contributed by atoms with E-state index in [1.54, 1.807) is 6.92 Å². The number of H-pyrrole nitrogens is 1. The Morgan fingerprint density at radius 2 is 2.13 bits per heavy atom. The molecule has 0 saturated carbocycles. The second-order valence-corrected chi connectivity index (χ2v) is 2.69. The Kier molecular flexibility index (Phi) is 4.75. The molecule has 15 heavy (non-hydrogen) atoms. The fourth-order valence-corrected chi connectivity index (χ4v) is 0.951. The average molecular weight is 234 g/mol. The minimum absolute atomic E-state index is 0. The summed E-state index contributed by atoms with van der Waals surface area (Å²) in [6.07, 6.45) is 0. The van der Waals surface area contributed by atoms with Crippen LogP contribution in [-0.4, -0.2) is 28.6 Å². The van der Waals surface area contributed by atoms with Crippen LogP contribution in [-0.2, 0) is 4.79 Å². The molecule has 0 aliphatic carbocycles. The molecule has 0 atom stereocenters. The van der Waals surface area contributed by atoms with Gasteiger partial charge in [0.05, 0.1) is 17.9 Å². The summed E-state index contributed by atoms with van der Waals surface area (Å²) in [7, 11) is 0. The van der Waals surface area contributed by atoms with E-state index >= 15 is 0 Å². The van der Waals surface area contributed by atoms with Crippen molar-refractivity contribution in [2.45, 2.75) is 6.92 Å². The van der Waals surface area contributed by atoms with Crippen molar-refractivity contribution in [1.29, 1.82) is 0 Å². The van der Waals surface area contributed by atoms with E-state index in [0.29, 0.717) is 5.69 Å². The third kappa shape index (κ3) is 2.93. The zero-order valence-corrected chi connectivity index (χ0v) is 8.85. The predicted molar refractivity (Wildman–Crippen MR) is 56.8 cm³/mol. The number of nitrogens with zero attached hydrogens (tertiary/aromatic N) is 1. The number of aromatic amines is 1. The summed E-state index contributed by atoms with van der Waals surface area (Å²) in [4.78, 5) is 21.8. The minimum Gasteiger partial charge on any atom is -0.364 e. The molecule has 0 aliphatic heterocycles. The van der Waals surface area contributed by atoms with Crippen molar-refractivity contribution in [2.24, 2.45) is 11.5 Å². The summed E-state index contributed by atoms with van der Waals surface area (Å²) in [5.74, 6) is -1.11. The van der Waals surface area contributed by atoms with E-state index < -0.39 is 11.8 Å². The molecule has 8 heteroatoms. The van der Waals surface area contributed by atoms with Crippen LogP contribution in [0.4, 0.5) is 5.69 Å². The Balaban J connectivity index is 0.00000196. The quantitative estimate of drug-likeness (QED) is 0.541. The van der Waals surface area contributed by atoms with Gasteiger partial charge in [0.1, 0.15) is 0 Å². The van der Waals surface area contributed by atoms with Crippen LogP contribution in [0.25, 0.3) is 0 Å². The number of anilines is 1. The van der Waals surface area contributed by atoms with Gasteiger partial charge in [-0.05, 0) is 6.92 Å². The molecule has 0 spiro atoms. The summed E-state index contributed by atoms with van der Waals surface area (Å²) in [6, 6.07) is 0. The van der Waals surface area contributed by atoms with Gasteiger partial charge in [-0.3, -0.25) is 14.7 Å². The van der Waals surface area contributed by atoms with Gasteiger partial charge in [0.2, 0.25) is 5.91 Å². The van der Waals surface area contributed by atoms with Gasteiger partial charge in [0.25, 0.3) is 5.91 Å².